The van der Waals surface area contributed by atoms with Crippen LogP contribution in [0.25, 0.3) is 29.2 Å². The summed E-state index contributed by atoms with van der Waals surface area (Å²) in [4.78, 5) is 52.6. The minimum atomic E-state index is -1.09. The summed E-state index contributed by atoms with van der Waals surface area (Å²) in [6.45, 7) is 24.4. The molecule has 9 nitrogen and oxygen atoms in total. The van der Waals surface area contributed by atoms with E-state index in [0.29, 0.717) is 29.3 Å². The summed E-state index contributed by atoms with van der Waals surface area (Å²) in [7, 11) is 1.34. The van der Waals surface area contributed by atoms with Crippen LogP contribution in [-0.4, -0.2) is 58.5 Å². The van der Waals surface area contributed by atoms with Gasteiger partial charge in [-0.05, 0) is 122 Å². The molecule has 0 amide bonds. The van der Waals surface area contributed by atoms with Crippen LogP contribution in [0.15, 0.2) is 18.2 Å². The van der Waals surface area contributed by atoms with E-state index in [1.807, 2.05) is 18.4 Å². The number of carbonyl (C=O) groups excluding carboxylic acids is 3. The van der Waals surface area contributed by atoms with E-state index in [1.54, 1.807) is 0 Å². The van der Waals surface area contributed by atoms with Gasteiger partial charge in [0.05, 0.1) is 12.5 Å². The lowest BCUT2D eigenvalue weighted by molar-refractivity contribution is -0.143. The van der Waals surface area contributed by atoms with Crippen LogP contribution in [0.1, 0.15) is 169 Å². The molecule has 7 atom stereocenters. The first-order valence-corrected chi connectivity index (χ1v) is 25.2. The van der Waals surface area contributed by atoms with Crippen molar-refractivity contribution in [3.63, 3.8) is 0 Å². The van der Waals surface area contributed by atoms with Gasteiger partial charge in [-0.3, -0.25) is 14.4 Å². The molecule has 4 N–H and O–H groups in total. The first-order chi connectivity index (χ1) is 31.1. The van der Waals surface area contributed by atoms with E-state index in [-0.39, 0.29) is 48.7 Å². The molecule has 1 saturated heterocycles. The van der Waals surface area contributed by atoms with Gasteiger partial charge in [-0.2, -0.15) is 12.6 Å². The molecule has 0 saturated carbocycles. The zero-order chi connectivity index (χ0) is 47.1. The maximum absolute atomic E-state index is 14.5. The molecule has 65 heavy (non-hydrogen) atoms. The molecule has 1 fully saturated rings. The predicted octanol–water partition coefficient (Wildman–Crippen LogP) is 8.81. The number of nitrogens with one attached hydrogen (secondary N) is 4. The number of esters is 2. The normalized spacial score (nSPS) is 22.7. The number of hydrogen-bond acceptors (Lipinski definition) is 7. The highest BCUT2D eigenvalue weighted by molar-refractivity contribution is 7.88. The second-order valence-electron chi connectivity index (χ2n) is 20.2. The summed E-state index contributed by atoms with van der Waals surface area (Å²) in [5.41, 5.74) is 9.46. The minimum Gasteiger partial charge on any atom is -0.468 e. The monoisotopic (exact) mass is 907 g/mol. The number of thiol groups is 1. The van der Waals surface area contributed by atoms with Crippen LogP contribution in [0.2, 0.25) is 0 Å². The standard InChI is InChI=1S/C55H78N4O5S/c1-12-38-35(8)42-27-43-36(9)40(23-24-48(60)64-26-25-34(7)22-16-21-33(6)20-15-19-32(5)18-14-17-31(3)4)52(58-43)50-51(55(62)63-11)54(61)49-37(10)44(59-53(49)50)28-46-39(13-2)41(30-65)47(57-46)29-45(38)56-42/h12,25,28-33,36,40,43,51-52,56-59,65H,1,13-24,26-27H2,2-11H3/b34-25+,41-30-,44-28-,47-29-/t32-,33-,36+,40+,43?,51-,52?/m1/s1. The number of allylic oxidation sites excluding steroid dienone is 1. The number of methoxy groups -OCH3 is 1. The second kappa shape index (κ2) is 22.5. The molecule has 0 spiro atoms. The van der Waals surface area contributed by atoms with Gasteiger partial charge in [0.25, 0.3) is 0 Å². The van der Waals surface area contributed by atoms with Gasteiger partial charge in [0.2, 0.25) is 0 Å². The lowest BCUT2D eigenvalue weighted by Crippen LogP contribution is -2.40. The quantitative estimate of drug-likeness (QED) is 0.0334. The summed E-state index contributed by atoms with van der Waals surface area (Å²) >= 11 is 4.64. The van der Waals surface area contributed by atoms with Gasteiger partial charge in [0.15, 0.2) is 5.78 Å². The van der Waals surface area contributed by atoms with Crippen LogP contribution in [0.3, 0.4) is 0 Å². The van der Waals surface area contributed by atoms with Gasteiger partial charge in [-0.25, -0.2) is 0 Å². The van der Waals surface area contributed by atoms with Gasteiger partial charge < -0.3 is 29.7 Å². The lowest BCUT2D eigenvalue weighted by Gasteiger charge is -2.25. The lowest BCUT2D eigenvalue weighted by atomic mass is 9.79. The molecule has 0 aromatic carbocycles. The Morgan fingerprint density at radius 3 is 2.25 bits per heavy atom. The summed E-state index contributed by atoms with van der Waals surface area (Å²) in [5.74, 6) is 0.157. The third-order valence-corrected chi connectivity index (χ3v) is 15.4. The van der Waals surface area contributed by atoms with E-state index in [4.69, 9.17) is 9.47 Å². The number of fused-ring (bicyclic) bond motifs is 8. The van der Waals surface area contributed by atoms with Crippen LogP contribution < -0.4 is 26.6 Å². The minimum absolute atomic E-state index is 0.0367. The fourth-order valence-corrected chi connectivity index (χ4v) is 11.4. The van der Waals surface area contributed by atoms with E-state index in [2.05, 4.69) is 113 Å². The molecule has 354 valence electrons. The molecule has 8 bridgehead atoms. The average Bonchev–Trinajstić information content (AvgIpc) is 4.02. The van der Waals surface area contributed by atoms with Crippen molar-refractivity contribution in [3.8, 4) is 0 Å². The smallest absolute Gasteiger partial charge is 0.320 e. The fourth-order valence-electron chi connectivity index (χ4n) is 11.1. The van der Waals surface area contributed by atoms with Crippen LogP contribution in [0.4, 0.5) is 0 Å². The maximum atomic E-state index is 14.5. The van der Waals surface area contributed by atoms with Crippen molar-refractivity contribution >= 4 is 59.6 Å². The number of aromatic amines is 3. The third-order valence-electron chi connectivity index (χ3n) is 15.1. The molecule has 0 radical (unpaired) electrons. The molecule has 2 unspecified atom stereocenters. The summed E-state index contributed by atoms with van der Waals surface area (Å²) in [5, 5.41) is 9.15. The van der Waals surface area contributed by atoms with E-state index < -0.39 is 11.9 Å². The Balaban J connectivity index is 1.21. The van der Waals surface area contributed by atoms with Crippen molar-refractivity contribution in [1.29, 1.82) is 0 Å². The molecule has 10 heteroatoms. The number of rotatable bonds is 20. The predicted molar refractivity (Wildman–Crippen MR) is 269 cm³/mol. The van der Waals surface area contributed by atoms with E-state index in [0.717, 1.165) is 92.3 Å². The van der Waals surface area contributed by atoms with Crippen LogP contribution >= 0.6 is 12.6 Å². The van der Waals surface area contributed by atoms with Crippen molar-refractivity contribution in [2.75, 3.05) is 13.7 Å². The molecule has 6 rings (SSSR count). The van der Waals surface area contributed by atoms with Crippen LogP contribution in [-0.2, 0) is 31.9 Å². The average molecular weight is 907 g/mol. The maximum Gasteiger partial charge on any atom is 0.320 e. The summed E-state index contributed by atoms with van der Waals surface area (Å²) in [6.07, 6.45) is 21.7. The SMILES string of the molecule is C=Cc1c2[nH]c(c1C)CC1NC(C3=c4[nH]/c(c(C)c4C(=O)[C@@H]3C(=O)OC)=C\c3[nH]c(/c(=C\S)c3CC)=C\2)[C@@H](CCC(=O)OC/C=C(\C)CCC[C@H](C)CCC[C@H](C)CCCC(C)C)[C@@H]1C. The number of aromatic nitrogens is 3. The van der Waals surface area contributed by atoms with E-state index in [1.165, 1.54) is 57.6 Å². The van der Waals surface area contributed by atoms with Gasteiger partial charge in [-0.15, -0.1) is 0 Å². The Morgan fingerprint density at radius 2 is 1.60 bits per heavy atom. The Bertz CT molecular complexity index is 2500. The van der Waals surface area contributed by atoms with Gasteiger partial charge in [0.1, 0.15) is 12.5 Å². The topological polar surface area (TPSA) is 129 Å². The number of Topliss-reactive ketones (excluding diaryl/α,β-unsaturated/α-hetero) is 1. The Morgan fingerprint density at radius 1 is 0.923 bits per heavy atom. The highest BCUT2D eigenvalue weighted by Gasteiger charge is 2.50. The van der Waals surface area contributed by atoms with Crippen molar-refractivity contribution in [2.45, 2.75) is 158 Å². The number of H-pyrrole nitrogens is 3. The van der Waals surface area contributed by atoms with E-state index in [9.17, 15) is 14.4 Å². The fraction of sp³-hybridized carbons (Fsp3) is 0.582. The molecule has 3 aromatic rings. The van der Waals surface area contributed by atoms with Crippen molar-refractivity contribution in [2.24, 2.45) is 35.5 Å². The second-order valence-corrected chi connectivity index (χ2v) is 20.4. The van der Waals surface area contributed by atoms with Gasteiger partial charge in [-0.1, -0.05) is 105 Å². The van der Waals surface area contributed by atoms with Crippen molar-refractivity contribution in [1.82, 2.24) is 20.3 Å². The van der Waals surface area contributed by atoms with Gasteiger partial charge in [0, 0.05) is 69.1 Å². The highest BCUT2D eigenvalue weighted by atomic mass is 32.1. The molecule has 3 aliphatic rings. The van der Waals surface area contributed by atoms with Crippen molar-refractivity contribution in [3.05, 3.63) is 84.4 Å². The summed E-state index contributed by atoms with van der Waals surface area (Å²) in [6, 6.07) is -0.419. The first kappa shape index (κ1) is 50.1. The zero-order valence-corrected chi connectivity index (χ0v) is 42.0. The van der Waals surface area contributed by atoms with E-state index >= 15 is 0 Å². The molecule has 2 aliphatic heterocycles. The first-order valence-electron chi connectivity index (χ1n) is 24.7. The number of hydrogen-bond donors (Lipinski definition) is 5. The third kappa shape index (κ3) is 11.3. The largest absolute Gasteiger partial charge is 0.468 e. The Hall–Kier alpha value is -4.28. The molecule has 1 aliphatic carbocycles. The molecule has 3 aromatic heterocycles. The molecule has 5 heterocycles. The van der Waals surface area contributed by atoms with Crippen LogP contribution in [0.5, 0.6) is 0 Å². The Labute approximate surface area is 393 Å². The number of ketones is 1. The number of carbonyl (C=O) groups is 3. The molecular formula is C55H78N4O5S. The number of ether oxygens (including phenoxy) is 2. The zero-order valence-electron chi connectivity index (χ0n) is 41.1. The highest BCUT2D eigenvalue weighted by Crippen LogP contribution is 2.41. The summed E-state index contributed by atoms with van der Waals surface area (Å²) < 4.78 is 11.2. The van der Waals surface area contributed by atoms with Gasteiger partial charge >= 0.3 is 11.9 Å². The van der Waals surface area contributed by atoms with Crippen molar-refractivity contribution < 1.29 is 23.9 Å². The Kier molecular flexibility index (Phi) is 17.3. The molecular weight excluding hydrogens is 829 g/mol. The van der Waals surface area contributed by atoms with Crippen LogP contribution in [0, 0.1) is 49.4 Å².